The molecule has 1 fully saturated rings. The molecular weight excluding hydrogens is 290 g/mol. The molecule has 5 nitrogen and oxygen atoms in total. The van der Waals surface area contributed by atoms with Crippen LogP contribution in [-0.2, 0) is 9.59 Å². The van der Waals surface area contributed by atoms with Crippen molar-refractivity contribution < 1.29 is 9.59 Å². The van der Waals surface area contributed by atoms with E-state index >= 15 is 0 Å². The summed E-state index contributed by atoms with van der Waals surface area (Å²) >= 11 is 0. The Morgan fingerprint density at radius 1 is 1.13 bits per heavy atom. The summed E-state index contributed by atoms with van der Waals surface area (Å²) in [7, 11) is 0. The van der Waals surface area contributed by atoms with Gasteiger partial charge < -0.3 is 5.32 Å². The van der Waals surface area contributed by atoms with Crippen LogP contribution in [0.15, 0.2) is 35.4 Å². The van der Waals surface area contributed by atoms with Crippen LogP contribution in [0.2, 0.25) is 0 Å². The molecule has 1 aliphatic carbocycles. The predicted molar refractivity (Wildman–Crippen MR) is 88.9 cm³/mol. The molecule has 1 heterocycles. The number of carbonyl (C=O) groups is 2. The van der Waals surface area contributed by atoms with E-state index in [0.717, 1.165) is 30.5 Å². The Bertz CT molecular complexity index is 592. The Hall–Kier alpha value is -2.17. The quantitative estimate of drug-likeness (QED) is 0.907. The molecule has 5 heteroatoms. The molecule has 0 aromatic heterocycles. The van der Waals surface area contributed by atoms with Crippen molar-refractivity contribution in [3.8, 4) is 0 Å². The number of hydrogen-bond acceptors (Lipinski definition) is 3. The van der Waals surface area contributed by atoms with Gasteiger partial charge in [0.15, 0.2) is 0 Å². The first-order chi connectivity index (χ1) is 11.2. The first kappa shape index (κ1) is 15.7. The molecule has 1 aliphatic heterocycles. The van der Waals surface area contributed by atoms with Crippen molar-refractivity contribution in [3.63, 3.8) is 0 Å². The molecule has 0 unspecified atom stereocenters. The monoisotopic (exact) mass is 313 g/mol. The zero-order chi connectivity index (χ0) is 16.1. The van der Waals surface area contributed by atoms with Crippen LogP contribution in [0, 0.1) is 0 Å². The number of benzene rings is 1. The number of carbonyl (C=O) groups excluding carboxylic acids is 2. The van der Waals surface area contributed by atoms with E-state index in [0.29, 0.717) is 12.6 Å². The van der Waals surface area contributed by atoms with E-state index in [2.05, 4.69) is 10.4 Å². The highest BCUT2D eigenvalue weighted by molar-refractivity contribution is 6.02. The van der Waals surface area contributed by atoms with Crippen LogP contribution in [0.4, 0.5) is 0 Å². The molecule has 0 radical (unpaired) electrons. The first-order valence-corrected chi connectivity index (χ1v) is 8.45. The molecule has 0 bridgehead atoms. The normalized spacial score (nSPS) is 18.1. The van der Waals surface area contributed by atoms with Crippen molar-refractivity contribution in [1.82, 2.24) is 10.3 Å². The third-order valence-electron chi connectivity index (χ3n) is 4.48. The van der Waals surface area contributed by atoms with Gasteiger partial charge in [-0.1, -0.05) is 43.2 Å². The predicted octanol–water partition coefficient (Wildman–Crippen LogP) is 2.46. The van der Waals surface area contributed by atoms with Crippen molar-refractivity contribution in [1.29, 1.82) is 0 Å². The fraction of sp³-hybridized carbons (Fsp3) is 0.500. The first-order valence-electron chi connectivity index (χ1n) is 8.45. The molecule has 1 N–H and O–H groups in total. The highest BCUT2D eigenvalue weighted by Crippen LogP contribution is 2.18. The molecule has 0 atom stereocenters. The lowest BCUT2D eigenvalue weighted by molar-refractivity contribution is -0.133. The number of nitrogens with zero attached hydrogens (tertiary/aromatic N) is 2. The van der Waals surface area contributed by atoms with Gasteiger partial charge in [-0.15, -0.1) is 0 Å². The van der Waals surface area contributed by atoms with E-state index < -0.39 is 0 Å². The Labute approximate surface area is 136 Å². The van der Waals surface area contributed by atoms with Crippen LogP contribution in [0.1, 0.15) is 50.5 Å². The van der Waals surface area contributed by atoms with Crippen LogP contribution in [-0.4, -0.2) is 35.1 Å². The highest BCUT2D eigenvalue weighted by atomic mass is 16.2. The second-order valence-electron chi connectivity index (χ2n) is 6.23. The van der Waals surface area contributed by atoms with E-state index in [9.17, 15) is 9.59 Å². The SMILES string of the molecule is O=C(CCC(=O)N1CCC(c2ccccc2)=N1)NC1CCCC1. The fourth-order valence-electron chi connectivity index (χ4n) is 3.19. The molecule has 1 aromatic carbocycles. The average molecular weight is 313 g/mol. The lowest BCUT2D eigenvalue weighted by Gasteiger charge is -2.13. The van der Waals surface area contributed by atoms with Gasteiger partial charge in [0.2, 0.25) is 11.8 Å². The van der Waals surface area contributed by atoms with Crippen LogP contribution in [0.5, 0.6) is 0 Å². The van der Waals surface area contributed by atoms with Gasteiger partial charge in [0.05, 0.1) is 12.3 Å². The number of hydrazone groups is 1. The molecule has 1 saturated carbocycles. The summed E-state index contributed by atoms with van der Waals surface area (Å²) < 4.78 is 0. The van der Waals surface area contributed by atoms with Gasteiger partial charge in [-0.25, -0.2) is 5.01 Å². The zero-order valence-corrected chi connectivity index (χ0v) is 13.3. The van der Waals surface area contributed by atoms with Gasteiger partial charge in [0.25, 0.3) is 0 Å². The van der Waals surface area contributed by atoms with E-state index in [4.69, 9.17) is 0 Å². The fourth-order valence-corrected chi connectivity index (χ4v) is 3.19. The van der Waals surface area contributed by atoms with Crippen LogP contribution in [0.25, 0.3) is 0 Å². The Balaban J connectivity index is 1.47. The maximum absolute atomic E-state index is 12.2. The standard InChI is InChI=1S/C18H23N3O2/c22-17(19-15-8-4-5-9-15)10-11-18(23)21-13-12-16(20-21)14-6-2-1-3-7-14/h1-3,6-7,15H,4-5,8-13H2,(H,19,22). The van der Waals surface area contributed by atoms with Crippen molar-refractivity contribution in [2.24, 2.45) is 5.10 Å². The molecule has 2 amide bonds. The molecule has 2 aliphatic rings. The van der Waals surface area contributed by atoms with Gasteiger partial charge in [0.1, 0.15) is 0 Å². The van der Waals surface area contributed by atoms with Crippen LogP contribution >= 0.6 is 0 Å². The van der Waals surface area contributed by atoms with E-state index in [1.807, 2.05) is 30.3 Å². The van der Waals surface area contributed by atoms with E-state index in [1.54, 1.807) is 0 Å². The lowest BCUT2D eigenvalue weighted by Crippen LogP contribution is -2.33. The largest absolute Gasteiger partial charge is 0.353 e. The summed E-state index contributed by atoms with van der Waals surface area (Å²) in [5.41, 5.74) is 2.00. The summed E-state index contributed by atoms with van der Waals surface area (Å²) in [5.74, 6) is -0.0887. The van der Waals surface area contributed by atoms with E-state index in [1.165, 1.54) is 17.9 Å². The smallest absolute Gasteiger partial charge is 0.243 e. The second-order valence-corrected chi connectivity index (χ2v) is 6.23. The van der Waals surface area contributed by atoms with Crippen molar-refractivity contribution >= 4 is 17.5 Å². The summed E-state index contributed by atoms with van der Waals surface area (Å²) in [6.07, 6.45) is 5.76. The number of nitrogens with one attached hydrogen (secondary N) is 1. The van der Waals surface area contributed by atoms with Gasteiger partial charge in [-0.05, 0) is 18.4 Å². The Morgan fingerprint density at radius 3 is 2.61 bits per heavy atom. The lowest BCUT2D eigenvalue weighted by atomic mass is 10.1. The molecule has 3 rings (SSSR count). The summed E-state index contributed by atoms with van der Waals surface area (Å²) in [6.45, 7) is 0.604. The minimum Gasteiger partial charge on any atom is -0.353 e. The zero-order valence-electron chi connectivity index (χ0n) is 13.3. The van der Waals surface area contributed by atoms with Gasteiger partial charge in [0, 0.05) is 25.3 Å². The topological polar surface area (TPSA) is 61.8 Å². The molecule has 1 aromatic rings. The third-order valence-corrected chi connectivity index (χ3v) is 4.48. The maximum Gasteiger partial charge on any atom is 0.243 e. The highest BCUT2D eigenvalue weighted by Gasteiger charge is 2.23. The number of amides is 2. The molecule has 122 valence electrons. The second kappa shape index (κ2) is 7.40. The molecule has 0 spiro atoms. The minimum absolute atomic E-state index is 0.0169. The van der Waals surface area contributed by atoms with E-state index in [-0.39, 0.29) is 24.7 Å². The van der Waals surface area contributed by atoms with Crippen molar-refractivity contribution in [2.45, 2.75) is 51.0 Å². The van der Waals surface area contributed by atoms with Crippen LogP contribution < -0.4 is 5.32 Å². The average Bonchev–Trinajstić information content (AvgIpc) is 3.25. The molecule has 23 heavy (non-hydrogen) atoms. The third kappa shape index (κ3) is 4.18. The molecule has 0 saturated heterocycles. The van der Waals surface area contributed by atoms with Crippen molar-refractivity contribution in [3.05, 3.63) is 35.9 Å². The summed E-state index contributed by atoms with van der Waals surface area (Å²) in [4.78, 5) is 24.1. The van der Waals surface area contributed by atoms with Crippen LogP contribution in [0.3, 0.4) is 0 Å². The molecular formula is C18H23N3O2. The van der Waals surface area contributed by atoms with Gasteiger partial charge in [-0.3, -0.25) is 9.59 Å². The maximum atomic E-state index is 12.2. The number of rotatable bonds is 5. The summed E-state index contributed by atoms with van der Waals surface area (Å²) in [5, 5.41) is 8.93. The van der Waals surface area contributed by atoms with Gasteiger partial charge >= 0.3 is 0 Å². The minimum atomic E-state index is -0.0718. The van der Waals surface area contributed by atoms with Gasteiger partial charge in [-0.2, -0.15) is 5.10 Å². The Morgan fingerprint density at radius 2 is 1.87 bits per heavy atom. The summed E-state index contributed by atoms with van der Waals surface area (Å²) in [6, 6.07) is 10.2. The number of hydrogen-bond donors (Lipinski definition) is 1. The Kier molecular flexibility index (Phi) is 5.05. The van der Waals surface area contributed by atoms with Crippen molar-refractivity contribution in [2.75, 3.05) is 6.54 Å².